The van der Waals surface area contributed by atoms with Crippen LogP contribution in [0.25, 0.3) is 0 Å². The van der Waals surface area contributed by atoms with Crippen molar-refractivity contribution in [1.82, 2.24) is 15.2 Å². The smallest absolute Gasteiger partial charge is 0.276 e. The number of aryl methyl sites for hydroxylation is 2. The third-order valence-electron chi connectivity index (χ3n) is 5.39. The summed E-state index contributed by atoms with van der Waals surface area (Å²) in [5.74, 6) is 1.62. The lowest BCUT2D eigenvalue weighted by Gasteiger charge is -2.22. The Bertz CT molecular complexity index is 1050. The van der Waals surface area contributed by atoms with Crippen molar-refractivity contribution < 1.29 is 9.21 Å². The molecule has 1 aromatic carbocycles. The number of thioether (sulfide) groups is 1. The molecule has 1 fully saturated rings. The molecule has 2 aromatic heterocycles. The first-order chi connectivity index (χ1) is 14.9. The topological polar surface area (TPSA) is 72.1 Å². The lowest BCUT2D eigenvalue weighted by atomic mass is 9.89. The van der Waals surface area contributed by atoms with Gasteiger partial charge in [0.15, 0.2) is 5.13 Å². The summed E-state index contributed by atoms with van der Waals surface area (Å²) in [6.45, 7) is 5.46. The van der Waals surface area contributed by atoms with E-state index in [1.807, 2.05) is 31.4 Å². The number of amides is 1. The van der Waals surface area contributed by atoms with Gasteiger partial charge in [-0.15, -0.1) is 21.5 Å². The van der Waals surface area contributed by atoms with Gasteiger partial charge in [-0.05, 0) is 43.9 Å². The van der Waals surface area contributed by atoms with E-state index >= 15 is 0 Å². The number of thiazole rings is 1. The summed E-state index contributed by atoms with van der Waals surface area (Å²) in [7, 11) is 0. The average molecular weight is 477 g/mol. The lowest BCUT2D eigenvalue weighted by molar-refractivity contribution is -0.115. The van der Waals surface area contributed by atoms with E-state index in [-0.39, 0.29) is 5.91 Å². The summed E-state index contributed by atoms with van der Waals surface area (Å²) in [6, 6.07) is 3.88. The number of hydrogen-bond donors (Lipinski definition) is 0. The molecular weight excluding hydrogens is 452 g/mol. The van der Waals surface area contributed by atoms with Gasteiger partial charge in [0.1, 0.15) is 0 Å². The molecule has 6 nitrogen and oxygen atoms in total. The number of nitrogens with zero attached hydrogens (tertiary/aromatic N) is 4. The van der Waals surface area contributed by atoms with Crippen LogP contribution in [-0.2, 0) is 10.5 Å². The zero-order valence-corrected chi connectivity index (χ0v) is 20.2. The Balaban J connectivity index is 1.47. The van der Waals surface area contributed by atoms with Crippen molar-refractivity contribution in [3.8, 4) is 0 Å². The number of anilines is 2. The summed E-state index contributed by atoms with van der Waals surface area (Å²) in [6.07, 6.45) is 6.01. The largest absolute Gasteiger partial charge is 0.416 e. The maximum atomic E-state index is 12.5. The fourth-order valence-electron chi connectivity index (χ4n) is 3.97. The maximum Gasteiger partial charge on any atom is 0.276 e. The normalized spacial score (nSPS) is 14.7. The summed E-state index contributed by atoms with van der Waals surface area (Å²) in [5, 5.41) is 12.1. The van der Waals surface area contributed by atoms with E-state index < -0.39 is 0 Å². The highest BCUT2D eigenvalue weighted by Gasteiger charge is 2.24. The Morgan fingerprint density at radius 1 is 1.26 bits per heavy atom. The second-order valence-electron chi connectivity index (χ2n) is 7.92. The van der Waals surface area contributed by atoms with Crippen molar-refractivity contribution in [2.24, 2.45) is 0 Å². The van der Waals surface area contributed by atoms with E-state index in [1.54, 1.807) is 4.90 Å². The molecular formula is C22H25ClN4O2S2. The monoisotopic (exact) mass is 476 g/mol. The van der Waals surface area contributed by atoms with Crippen LogP contribution in [0.5, 0.6) is 0 Å². The summed E-state index contributed by atoms with van der Waals surface area (Å²) in [5.41, 5.74) is 3.53. The highest BCUT2D eigenvalue weighted by molar-refractivity contribution is 7.98. The van der Waals surface area contributed by atoms with Crippen LogP contribution in [0.2, 0.25) is 5.02 Å². The second-order valence-corrected chi connectivity index (χ2v) is 10.1. The van der Waals surface area contributed by atoms with E-state index in [2.05, 4.69) is 15.2 Å². The van der Waals surface area contributed by atoms with E-state index in [4.69, 9.17) is 16.0 Å². The molecule has 0 atom stereocenters. The molecule has 2 heterocycles. The van der Waals surface area contributed by atoms with Crippen molar-refractivity contribution in [2.45, 2.75) is 69.8 Å². The van der Waals surface area contributed by atoms with Crippen LogP contribution in [-0.4, -0.2) is 21.1 Å². The van der Waals surface area contributed by atoms with Crippen molar-refractivity contribution >= 4 is 51.4 Å². The number of carbonyl (C=O) groups excluding carboxylic acids is 1. The molecule has 3 aromatic rings. The zero-order chi connectivity index (χ0) is 22.0. The Morgan fingerprint density at radius 3 is 2.74 bits per heavy atom. The Morgan fingerprint density at radius 2 is 2.03 bits per heavy atom. The van der Waals surface area contributed by atoms with Crippen molar-refractivity contribution in [1.29, 1.82) is 0 Å². The number of aromatic nitrogens is 3. The van der Waals surface area contributed by atoms with Gasteiger partial charge in [-0.2, -0.15) is 0 Å². The minimum absolute atomic E-state index is 0.128. The van der Waals surface area contributed by atoms with Gasteiger partial charge < -0.3 is 4.42 Å². The van der Waals surface area contributed by atoms with Crippen molar-refractivity contribution in [3.63, 3.8) is 0 Å². The van der Waals surface area contributed by atoms with E-state index in [0.29, 0.717) is 32.7 Å². The van der Waals surface area contributed by atoms with Gasteiger partial charge in [-0.3, -0.25) is 9.69 Å². The van der Waals surface area contributed by atoms with Crippen LogP contribution in [0.3, 0.4) is 0 Å². The van der Waals surface area contributed by atoms with Crippen LogP contribution in [0.4, 0.5) is 10.8 Å². The molecule has 0 aliphatic heterocycles. The van der Waals surface area contributed by atoms with Crippen LogP contribution < -0.4 is 4.90 Å². The molecule has 9 heteroatoms. The van der Waals surface area contributed by atoms with Crippen LogP contribution in [0, 0.1) is 13.8 Å². The Labute approximate surface area is 195 Å². The first-order valence-corrected chi connectivity index (χ1v) is 12.6. The van der Waals surface area contributed by atoms with Gasteiger partial charge in [0.25, 0.3) is 5.22 Å². The summed E-state index contributed by atoms with van der Waals surface area (Å²) < 4.78 is 5.88. The number of carbonyl (C=O) groups is 1. The second kappa shape index (κ2) is 9.71. The molecule has 1 aliphatic rings. The average Bonchev–Trinajstić information content (AvgIpc) is 3.39. The van der Waals surface area contributed by atoms with Gasteiger partial charge in [0.05, 0.1) is 16.4 Å². The van der Waals surface area contributed by atoms with E-state index in [0.717, 1.165) is 35.6 Å². The van der Waals surface area contributed by atoms with Gasteiger partial charge in [-0.25, -0.2) is 4.98 Å². The number of rotatable bonds is 6. The fourth-order valence-corrected chi connectivity index (χ4v) is 6.02. The fraction of sp³-hybridized carbons (Fsp3) is 0.455. The molecule has 0 bridgehead atoms. The van der Waals surface area contributed by atoms with E-state index in [9.17, 15) is 4.79 Å². The molecule has 0 unspecified atom stereocenters. The molecule has 31 heavy (non-hydrogen) atoms. The Kier molecular flexibility index (Phi) is 6.99. The summed E-state index contributed by atoms with van der Waals surface area (Å²) in [4.78, 5) is 18.7. The number of hydrogen-bond acceptors (Lipinski definition) is 7. The van der Waals surface area contributed by atoms with E-state index in [1.165, 1.54) is 49.3 Å². The summed E-state index contributed by atoms with van der Waals surface area (Å²) >= 11 is 9.38. The lowest BCUT2D eigenvalue weighted by Crippen LogP contribution is -2.24. The maximum absolute atomic E-state index is 12.5. The molecule has 0 radical (unpaired) electrons. The quantitative estimate of drug-likeness (QED) is 0.363. The van der Waals surface area contributed by atoms with Crippen LogP contribution in [0.1, 0.15) is 67.7 Å². The van der Waals surface area contributed by atoms with Gasteiger partial charge in [0.2, 0.25) is 11.8 Å². The number of benzene rings is 1. The van der Waals surface area contributed by atoms with Gasteiger partial charge in [-0.1, -0.05) is 48.7 Å². The van der Waals surface area contributed by atoms with Crippen LogP contribution >= 0.6 is 34.7 Å². The standard InChI is InChI=1S/C22H25ClN4O2S2/c1-13-9-14(2)19(18(23)10-13)27(15(3)28)21-24-17(11-30-21)12-31-22-26-25-20(29-22)16-7-5-4-6-8-16/h9-11,16H,4-8,12H2,1-3H3. The minimum Gasteiger partial charge on any atom is -0.416 e. The molecule has 0 saturated heterocycles. The third-order valence-corrected chi connectivity index (χ3v) is 7.40. The van der Waals surface area contributed by atoms with Crippen molar-refractivity contribution in [2.75, 3.05) is 4.90 Å². The SMILES string of the molecule is CC(=O)N(c1nc(CSc2nnc(C3CCCCC3)o2)cs1)c1c(C)cc(C)cc1Cl. The first kappa shape index (κ1) is 22.3. The number of halogens is 1. The molecule has 164 valence electrons. The molecule has 0 spiro atoms. The molecule has 0 N–H and O–H groups in total. The predicted octanol–water partition coefficient (Wildman–Crippen LogP) is 6.82. The molecule has 1 amide bonds. The highest BCUT2D eigenvalue weighted by atomic mass is 35.5. The molecule has 1 aliphatic carbocycles. The van der Waals surface area contributed by atoms with Gasteiger partial charge in [0, 0.05) is 24.0 Å². The molecule has 1 saturated carbocycles. The Hall–Kier alpha value is -1.90. The highest BCUT2D eigenvalue weighted by Crippen LogP contribution is 2.38. The molecule has 4 rings (SSSR count). The third kappa shape index (κ3) is 5.13. The predicted molar refractivity (Wildman–Crippen MR) is 126 cm³/mol. The van der Waals surface area contributed by atoms with Gasteiger partial charge >= 0.3 is 0 Å². The van der Waals surface area contributed by atoms with Crippen molar-refractivity contribution in [3.05, 3.63) is 45.2 Å². The minimum atomic E-state index is -0.128. The zero-order valence-electron chi connectivity index (χ0n) is 17.9. The first-order valence-electron chi connectivity index (χ1n) is 10.4. The van der Waals surface area contributed by atoms with Crippen LogP contribution in [0.15, 0.2) is 27.2 Å².